The Morgan fingerprint density at radius 3 is 2.29 bits per heavy atom. The Bertz CT molecular complexity index is 811. The molecule has 24 heavy (non-hydrogen) atoms. The molecule has 2 aromatic rings. The van der Waals surface area contributed by atoms with Crippen molar-refractivity contribution in [3.63, 3.8) is 0 Å². The number of benzene rings is 1. The largest absolute Gasteiger partial charge is 0.350 e. The third-order valence-electron chi connectivity index (χ3n) is 3.19. The molecule has 130 valence electrons. The fraction of sp³-hybridized carbons (Fsp3) is 0.375. The summed E-state index contributed by atoms with van der Waals surface area (Å²) in [6.07, 6.45) is 0. The van der Waals surface area contributed by atoms with E-state index in [2.05, 4.69) is 15.0 Å². The molecular weight excluding hydrogens is 346 g/mol. The van der Waals surface area contributed by atoms with Crippen molar-refractivity contribution in [3.8, 4) is 0 Å². The highest BCUT2D eigenvalue weighted by Crippen LogP contribution is 2.20. The second-order valence-electron chi connectivity index (χ2n) is 5.82. The SMILES string of the molecule is Cc1csc([C@@H](C)NS(=O)(=O)c2ccc(C(=O)NC(C)C)cc2)n1. The van der Waals surface area contributed by atoms with Crippen molar-refractivity contribution >= 4 is 27.3 Å². The van der Waals surface area contributed by atoms with Crippen LogP contribution >= 0.6 is 11.3 Å². The number of carbonyl (C=O) groups is 1. The van der Waals surface area contributed by atoms with E-state index in [-0.39, 0.29) is 16.8 Å². The Labute approximate surface area is 146 Å². The van der Waals surface area contributed by atoms with Crippen LogP contribution in [0.5, 0.6) is 0 Å². The van der Waals surface area contributed by atoms with Crippen molar-refractivity contribution in [2.45, 2.75) is 44.7 Å². The predicted octanol–water partition coefficient (Wildman–Crippen LogP) is 2.63. The quantitative estimate of drug-likeness (QED) is 0.821. The molecule has 0 spiro atoms. The van der Waals surface area contributed by atoms with Gasteiger partial charge in [-0.15, -0.1) is 11.3 Å². The van der Waals surface area contributed by atoms with Gasteiger partial charge in [-0.1, -0.05) is 0 Å². The first-order valence-corrected chi connectivity index (χ1v) is 9.90. The molecule has 0 aliphatic heterocycles. The maximum absolute atomic E-state index is 12.4. The van der Waals surface area contributed by atoms with E-state index >= 15 is 0 Å². The van der Waals surface area contributed by atoms with E-state index in [0.717, 1.165) is 5.69 Å². The summed E-state index contributed by atoms with van der Waals surface area (Å²) in [4.78, 5) is 16.3. The van der Waals surface area contributed by atoms with Gasteiger partial charge in [-0.05, 0) is 52.0 Å². The van der Waals surface area contributed by atoms with Gasteiger partial charge in [0.15, 0.2) is 0 Å². The molecule has 1 amide bonds. The fourth-order valence-corrected chi connectivity index (χ4v) is 4.14. The van der Waals surface area contributed by atoms with Gasteiger partial charge in [-0.3, -0.25) is 4.79 Å². The molecule has 6 nitrogen and oxygen atoms in total. The van der Waals surface area contributed by atoms with Crippen LogP contribution in [-0.2, 0) is 10.0 Å². The van der Waals surface area contributed by atoms with Crippen LogP contribution in [0, 0.1) is 6.92 Å². The average Bonchev–Trinajstić information content (AvgIpc) is 2.93. The van der Waals surface area contributed by atoms with Gasteiger partial charge in [0.25, 0.3) is 5.91 Å². The molecule has 2 rings (SSSR count). The molecule has 1 atom stereocenters. The third-order valence-corrected chi connectivity index (χ3v) is 5.89. The first-order valence-electron chi connectivity index (χ1n) is 7.54. The Kier molecular flexibility index (Phi) is 5.74. The van der Waals surface area contributed by atoms with Gasteiger partial charge in [0.05, 0.1) is 10.9 Å². The summed E-state index contributed by atoms with van der Waals surface area (Å²) < 4.78 is 27.5. The summed E-state index contributed by atoms with van der Waals surface area (Å²) in [6, 6.07) is 5.46. The molecule has 0 bridgehead atoms. The van der Waals surface area contributed by atoms with E-state index in [1.165, 1.54) is 35.6 Å². The maximum atomic E-state index is 12.4. The Morgan fingerprint density at radius 2 is 1.79 bits per heavy atom. The summed E-state index contributed by atoms with van der Waals surface area (Å²) in [5, 5.41) is 5.35. The van der Waals surface area contributed by atoms with E-state index in [1.54, 1.807) is 6.92 Å². The van der Waals surface area contributed by atoms with Crippen LogP contribution in [0.3, 0.4) is 0 Å². The van der Waals surface area contributed by atoms with E-state index in [9.17, 15) is 13.2 Å². The smallest absolute Gasteiger partial charge is 0.251 e. The Hall–Kier alpha value is -1.77. The van der Waals surface area contributed by atoms with Crippen molar-refractivity contribution < 1.29 is 13.2 Å². The molecule has 0 saturated heterocycles. The number of nitrogens with zero attached hydrogens (tertiary/aromatic N) is 1. The van der Waals surface area contributed by atoms with E-state index in [4.69, 9.17) is 0 Å². The van der Waals surface area contributed by atoms with E-state index in [0.29, 0.717) is 10.6 Å². The summed E-state index contributed by atoms with van der Waals surface area (Å²) in [7, 11) is -3.68. The monoisotopic (exact) mass is 367 g/mol. The fourth-order valence-electron chi connectivity index (χ4n) is 2.05. The summed E-state index contributed by atoms with van der Waals surface area (Å²) in [5.41, 5.74) is 1.29. The van der Waals surface area contributed by atoms with Gasteiger partial charge in [-0.2, -0.15) is 0 Å². The zero-order valence-corrected chi connectivity index (χ0v) is 15.7. The van der Waals surface area contributed by atoms with Gasteiger partial charge in [-0.25, -0.2) is 18.1 Å². The molecule has 2 N–H and O–H groups in total. The summed E-state index contributed by atoms with van der Waals surface area (Å²) in [6.45, 7) is 7.34. The van der Waals surface area contributed by atoms with Gasteiger partial charge in [0, 0.05) is 22.7 Å². The lowest BCUT2D eigenvalue weighted by Gasteiger charge is -2.13. The van der Waals surface area contributed by atoms with Crippen molar-refractivity contribution in [2.75, 3.05) is 0 Å². The lowest BCUT2D eigenvalue weighted by molar-refractivity contribution is 0.0943. The van der Waals surface area contributed by atoms with Crippen molar-refractivity contribution in [3.05, 3.63) is 45.9 Å². The van der Waals surface area contributed by atoms with Crippen LogP contribution < -0.4 is 10.0 Å². The average molecular weight is 367 g/mol. The molecule has 1 heterocycles. The highest BCUT2D eigenvalue weighted by atomic mass is 32.2. The zero-order valence-electron chi connectivity index (χ0n) is 14.0. The topological polar surface area (TPSA) is 88.2 Å². The third kappa shape index (κ3) is 4.62. The van der Waals surface area contributed by atoms with Gasteiger partial charge < -0.3 is 5.32 Å². The maximum Gasteiger partial charge on any atom is 0.251 e. The number of nitrogens with one attached hydrogen (secondary N) is 2. The van der Waals surface area contributed by atoms with Crippen molar-refractivity contribution in [1.82, 2.24) is 15.0 Å². The van der Waals surface area contributed by atoms with Gasteiger partial charge in [0.2, 0.25) is 10.0 Å². The van der Waals surface area contributed by atoms with Gasteiger partial charge >= 0.3 is 0 Å². The Morgan fingerprint density at radius 1 is 1.17 bits per heavy atom. The normalized spacial score (nSPS) is 13.0. The van der Waals surface area contributed by atoms with Crippen LogP contribution in [0.25, 0.3) is 0 Å². The second kappa shape index (κ2) is 7.42. The van der Waals surface area contributed by atoms with Gasteiger partial charge in [0.1, 0.15) is 5.01 Å². The van der Waals surface area contributed by atoms with E-state index < -0.39 is 16.1 Å². The number of hydrogen-bond acceptors (Lipinski definition) is 5. The molecule has 0 radical (unpaired) electrons. The number of hydrogen-bond donors (Lipinski definition) is 2. The number of aryl methyl sites for hydroxylation is 1. The standard InChI is InChI=1S/C16H21N3O3S2/c1-10(2)17-15(20)13-5-7-14(8-6-13)24(21,22)19-12(4)16-18-11(3)9-23-16/h5-10,12,19H,1-4H3,(H,17,20)/t12-/m1/s1. The summed E-state index contributed by atoms with van der Waals surface area (Å²) in [5.74, 6) is -0.228. The first kappa shape index (κ1) is 18.6. The number of aromatic nitrogens is 1. The number of sulfonamides is 1. The second-order valence-corrected chi connectivity index (χ2v) is 8.43. The molecule has 1 aromatic carbocycles. The van der Waals surface area contributed by atoms with Crippen LogP contribution in [0.1, 0.15) is 47.9 Å². The molecule has 0 aliphatic carbocycles. The lowest BCUT2D eigenvalue weighted by atomic mass is 10.2. The van der Waals surface area contributed by atoms with E-state index in [1.807, 2.05) is 26.2 Å². The minimum Gasteiger partial charge on any atom is -0.350 e. The van der Waals surface area contributed by atoms with Crippen LogP contribution in [-0.4, -0.2) is 25.4 Å². The Balaban J connectivity index is 2.13. The molecule has 0 saturated carbocycles. The molecule has 0 aliphatic rings. The molecule has 1 aromatic heterocycles. The molecular formula is C16H21N3O3S2. The highest BCUT2D eigenvalue weighted by Gasteiger charge is 2.20. The van der Waals surface area contributed by atoms with Crippen LogP contribution in [0.2, 0.25) is 0 Å². The van der Waals surface area contributed by atoms with Crippen LogP contribution in [0.4, 0.5) is 0 Å². The highest BCUT2D eigenvalue weighted by molar-refractivity contribution is 7.89. The number of amides is 1. The zero-order chi connectivity index (χ0) is 17.9. The number of thiazole rings is 1. The summed E-state index contributed by atoms with van der Waals surface area (Å²) >= 11 is 1.41. The minimum atomic E-state index is -3.68. The number of rotatable bonds is 6. The lowest BCUT2D eigenvalue weighted by Crippen LogP contribution is -2.30. The molecule has 0 unspecified atom stereocenters. The van der Waals surface area contributed by atoms with Crippen LogP contribution in [0.15, 0.2) is 34.5 Å². The van der Waals surface area contributed by atoms with Crippen molar-refractivity contribution in [1.29, 1.82) is 0 Å². The van der Waals surface area contributed by atoms with Crippen molar-refractivity contribution in [2.24, 2.45) is 0 Å². The molecule has 8 heteroatoms. The predicted molar refractivity (Wildman–Crippen MR) is 94.6 cm³/mol. The molecule has 0 fully saturated rings. The minimum absolute atomic E-state index is 0.0187. The number of carbonyl (C=O) groups excluding carboxylic acids is 1. The first-order chi connectivity index (χ1) is 11.2.